The highest BCUT2D eigenvalue weighted by molar-refractivity contribution is 5.38. The average molecular weight is 248 g/mol. The first-order chi connectivity index (χ1) is 8.46. The molecule has 18 heavy (non-hydrogen) atoms. The molecule has 1 aromatic rings. The number of nitrogens with one attached hydrogen (secondary N) is 1. The van der Waals surface area contributed by atoms with E-state index >= 15 is 0 Å². The number of nitrogens with zero attached hydrogens (tertiary/aromatic N) is 3. The van der Waals surface area contributed by atoms with Crippen molar-refractivity contribution in [1.82, 2.24) is 15.3 Å². The van der Waals surface area contributed by atoms with Crippen molar-refractivity contribution >= 4 is 5.82 Å². The summed E-state index contributed by atoms with van der Waals surface area (Å²) in [4.78, 5) is 11.4. The molecule has 1 aliphatic rings. The number of hydrogen-bond acceptors (Lipinski definition) is 4. The average Bonchev–Trinajstić information content (AvgIpc) is 2.72. The van der Waals surface area contributed by atoms with Crippen molar-refractivity contribution < 1.29 is 0 Å². The van der Waals surface area contributed by atoms with E-state index in [9.17, 15) is 0 Å². The van der Waals surface area contributed by atoms with Crippen molar-refractivity contribution in [1.29, 1.82) is 0 Å². The molecule has 0 saturated carbocycles. The summed E-state index contributed by atoms with van der Waals surface area (Å²) in [6.45, 7) is 10.6. The van der Waals surface area contributed by atoms with Crippen molar-refractivity contribution in [2.24, 2.45) is 0 Å². The second kappa shape index (κ2) is 5.22. The highest BCUT2D eigenvalue weighted by Gasteiger charge is 2.22. The number of rotatable bonds is 3. The lowest BCUT2D eigenvalue weighted by atomic mass is 10.1. The van der Waals surface area contributed by atoms with Crippen LogP contribution < -0.4 is 10.2 Å². The topological polar surface area (TPSA) is 41.1 Å². The molecule has 0 aromatic carbocycles. The van der Waals surface area contributed by atoms with Gasteiger partial charge in [-0.05, 0) is 40.5 Å². The molecule has 4 nitrogen and oxygen atoms in total. The minimum Gasteiger partial charge on any atom is -0.353 e. The van der Waals surface area contributed by atoms with Gasteiger partial charge in [-0.2, -0.15) is 0 Å². The summed E-state index contributed by atoms with van der Waals surface area (Å²) < 4.78 is 0. The SMILES string of the molecule is CC1CCCN1c1cncc(CNC(C)(C)C)n1. The molecule has 1 atom stereocenters. The van der Waals surface area contributed by atoms with Crippen LogP contribution in [0.15, 0.2) is 12.4 Å². The fourth-order valence-corrected chi connectivity index (χ4v) is 2.25. The van der Waals surface area contributed by atoms with E-state index in [1.807, 2.05) is 12.4 Å². The Labute approximate surface area is 110 Å². The van der Waals surface area contributed by atoms with Gasteiger partial charge in [0.25, 0.3) is 0 Å². The van der Waals surface area contributed by atoms with Gasteiger partial charge in [0, 0.05) is 30.9 Å². The van der Waals surface area contributed by atoms with Crippen LogP contribution in [0.2, 0.25) is 0 Å². The van der Waals surface area contributed by atoms with Crippen molar-refractivity contribution in [3.63, 3.8) is 0 Å². The zero-order valence-corrected chi connectivity index (χ0v) is 11.9. The third-order valence-electron chi connectivity index (χ3n) is 3.32. The molecule has 1 N–H and O–H groups in total. The van der Waals surface area contributed by atoms with Crippen molar-refractivity contribution in [3.05, 3.63) is 18.1 Å². The van der Waals surface area contributed by atoms with E-state index in [1.165, 1.54) is 12.8 Å². The Balaban J connectivity index is 2.05. The van der Waals surface area contributed by atoms with E-state index < -0.39 is 0 Å². The molecule has 1 aromatic heterocycles. The van der Waals surface area contributed by atoms with E-state index in [-0.39, 0.29) is 5.54 Å². The van der Waals surface area contributed by atoms with Crippen molar-refractivity contribution in [2.75, 3.05) is 11.4 Å². The largest absolute Gasteiger partial charge is 0.353 e. The summed E-state index contributed by atoms with van der Waals surface area (Å²) in [5, 5.41) is 3.45. The number of aromatic nitrogens is 2. The van der Waals surface area contributed by atoms with Crippen LogP contribution in [0.4, 0.5) is 5.82 Å². The second-order valence-electron chi connectivity index (χ2n) is 6.16. The molecule has 2 heterocycles. The van der Waals surface area contributed by atoms with Gasteiger partial charge < -0.3 is 10.2 Å². The first kappa shape index (κ1) is 13.3. The monoisotopic (exact) mass is 248 g/mol. The van der Waals surface area contributed by atoms with Gasteiger partial charge in [0.2, 0.25) is 0 Å². The summed E-state index contributed by atoms with van der Waals surface area (Å²) >= 11 is 0. The molecule has 1 aliphatic heterocycles. The van der Waals surface area contributed by atoms with E-state index in [2.05, 4.69) is 42.9 Å². The number of hydrogen-bond donors (Lipinski definition) is 1. The Kier molecular flexibility index (Phi) is 3.85. The summed E-state index contributed by atoms with van der Waals surface area (Å²) in [6, 6.07) is 0.588. The Morgan fingerprint density at radius 3 is 2.78 bits per heavy atom. The van der Waals surface area contributed by atoms with Gasteiger partial charge in [-0.15, -0.1) is 0 Å². The minimum absolute atomic E-state index is 0.110. The molecule has 1 unspecified atom stereocenters. The fraction of sp³-hybridized carbons (Fsp3) is 0.714. The van der Waals surface area contributed by atoms with Crippen LogP contribution in [0.3, 0.4) is 0 Å². The molecule has 1 saturated heterocycles. The van der Waals surface area contributed by atoms with Crippen LogP contribution >= 0.6 is 0 Å². The van der Waals surface area contributed by atoms with E-state index in [0.29, 0.717) is 6.04 Å². The van der Waals surface area contributed by atoms with Crippen LogP contribution in [-0.2, 0) is 6.54 Å². The molecule has 0 spiro atoms. The highest BCUT2D eigenvalue weighted by Crippen LogP contribution is 2.22. The van der Waals surface area contributed by atoms with Gasteiger partial charge in [0.05, 0.1) is 11.9 Å². The minimum atomic E-state index is 0.110. The van der Waals surface area contributed by atoms with E-state index in [1.54, 1.807) is 0 Å². The summed E-state index contributed by atoms with van der Waals surface area (Å²) in [5.41, 5.74) is 1.13. The predicted molar refractivity (Wildman–Crippen MR) is 74.7 cm³/mol. The zero-order valence-electron chi connectivity index (χ0n) is 11.9. The Morgan fingerprint density at radius 2 is 2.17 bits per heavy atom. The Morgan fingerprint density at radius 1 is 1.39 bits per heavy atom. The maximum atomic E-state index is 4.71. The van der Waals surface area contributed by atoms with Crippen molar-refractivity contribution in [2.45, 2.75) is 58.7 Å². The molecule has 2 rings (SSSR count). The maximum absolute atomic E-state index is 4.71. The quantitative estimate of drug-likeness (QED) is 0.891. The Bertz CT molecular complexity index is 397. The third-order valence-corrected chi connectivity index (χ3v) is 3.32. The van der Waals surface area contributed by atoms with Gasteiger partial charge in [0.15, 0.2) is 0 Å². The van der Waals surface area contributed by atoms with Gasteiger partial charge in [-0.3, -0.25) is 4.98 Å². The zero-order chi connectivity index (χ0) is 13.2. The summed E-state index contributed by atoms with van der Waals surface area (Å²) in [6.07, 6.45) is 6.24. The van der Waals surface area contributed by atoms with Gasteiger partial charge >= 0.3 is 0 Å². The van der Waals surface area contributed by atoms with Crippen LogP contribution in [0, 0.1) is 0 Å². The van der Waals surface area contributed by atoms with Crippen molar-refractivity contribution in [3.8, 4) is 0 Å². The standard InChI is InChI=1S/C14H24N4/c1-11-6-5-7-18(11)13-10-15-8-12(17-13)9-16-14(2,3)4/h8,10-11,16H,5-7,9H2,1-4H3. The molecule has 4 heteroatoms. The molecular weight excluding hydrogens is 224 g/mol. The smallest absolute Gasteiger partial charge is 0.147 e. The molecule has 0 bridgehead atoms. The normalized spacial score (nSPS) is 20.4. The van der Waals surface area contributed by atoms with Gasteiger partial charge in [0.1, 0.15) is 5.82 Å². The lowest BCUT2D eigenvalue weighted by Gasteiger charge is -2.23. The molecule has 0 radical (unpaired) electrons. The lowest BCUT2D eigenvalue weighted by molar-refractivity contribution is 0.421. The first-order valence-corrected chi connectivity index (χ1v) is 6.78. The lowest BCUT2D eigenvalue weighted by Crippen LogP contribution is -2.35. The van der Waals surface area contributed by atoms with Crippen LogP contribution in [0.25, 0.3) is 0 Å². The van der Waals surface area contributed by atoms with Crippen LogP contribution in [-0.4, -0.2) is 28.1 Å². The van der Waals surface area contributed by atoms with Crippen LogP contribution in [0.1, 0.15) is 46.2 Å². The van der Waals surface area contributed by atoms with E-state index in [4.69, 9.17) is 4.98 Å². The molecule has 0 amide bonds. The maximum Gasteiger partial charge on any atom is 0.147 e. The fourth-order valence-electron chi connectivity index (χ4n) is 2.25. The van der Waals surface area contributed by atoms with Gasteiger partial charge in [-0.1, -0.05) is 0 Å². The van der Waals surface area contributed by atoms with Gasteiger partial charge in [-0.25, -0.2) is 4.98 Å². The Hall–Kier alpha value is -1.16. The van der Waals surface area contributed by atoms with E-state index in [0.717, 1.165) is 24.6 Å². The van der Waals surface area contributed by atoms with Crippen LogP contribution in [0.5, 0.6) is 0 Å². The highest BCUT2D eigenvalue weighted by atomic mass is 15.2. The molecule has 1 fully saturated rings. The first-order valence-electron chi connectivity index (χ1n) is 6.78. The predicted octanol–water partition coefficient (Wildman–Crippen LogP) is 2.35. The molecule has 100 valence electrons. The third kappa shape index (κ3) is 3.42. The summed E-state index contributed by atoms with van der Waals surface area (Å²) in [5.74, 6) is 1.02. The number of anilines is 1. The summed E-state index contributed by atoms with van der Waals surface area (Å²) in [7, 11) is 0. The molecule has 0 aliphatic carbocycles. The second-order valence-corrected chi connectivity index (χ2v) is 6.16. The molecular formula is C14H24N4.